The fraction of sp³-hybridized carbons (Fsp3) is 0.800. The molecule has 0 fully saturated rings. The maximum absolute atomic E-state index is 5.36. The number of hydrazone groups is 1. The molecular formula is C5H13N3. The van der Waals surface area contributed by atoms with Crippen LogP contribution < -0.4 is 5.84 Å². The Bertz CT molecular complexity index is 77.7. The van der Waals surface area contributed by atoms with Crippen molar-refractivity contribution < 1.29 is 0 Å². The van der Waals surface area contributed by atoms with Gasteiger partial charge in [-0.2, -0.15) is 5.10 Å². The minimum absolute atomic E-state index is 0.284. The summed E-state index contributed by atoms with van der Waals surface area (Å²) in [6, 6.07) is 0.284. The first-order valence-electron chi connectivity index (χ1n) is 2.71. The van der Waals surface area contributed by atoms with Crippen LogP contribution in [0.2, 0.25) is 0 Å². The molecule has 0 aromatic carbocycles. The van der Waals surface area contributed by atoms with Crippen LogP contribution in [-0.4, -0.2) is 17.4 Å². The van der Waals surface area contributed by atoms with Gasteiger partial charge in [-0.15, -0.1) is 0 Å². The monoisotopic (exact) mass is 115 g/mol. The molecule has 0 saturated heterocycles. The zero-order chi connectivity index (χ0) is 6.57. The highest BCUT2D eigenvalue weighted by molar-refractivity contribution is 5.52. The van der Waals surface area contributed by atoms with E-state index in [0.717, 1.165) is 0 Å². The van der Waals surface area contributed by atoms with E-state index < -0.39 is 0 Å². The van der Waals surface area contributed by atoms with Gasteiger partial charge in [0.2, 0.25) is 0 Å². The second kappa shape index (κ2) is 3.43. The van der Waals surface area contributed by atoms with Crippen LogP contribution in [0.4, 0.5) is 0 Å². The standard InChI is InChI=1S/C5H13N3/c1-4-7-8(6)5(2)3/h4-5H,6H2,1-3H3/b7-4-. The van der Waals surface area contributed by atoms with E-state index in [4.69, 9.17) is 5.84 Å². The predicted octanol–water partition coefficient (Wildman–Crippen LogP) is 0.576. The molecule has 0 rings (SSSR count). The number of hydrogen-bond acceptors (Lipinski definition) is 3. The summed E-state index contributed by atoms with van der Waals surface area (Å²) in [5, 5.41) is 5.23. The molecule has 0 bridgehead atoms. The Morgan fingerprint density at radius 2 is 2.12 bits per heavy atom. The normalized spacial score (nSPS) is 11.1. The van der Waals surface area contributed by atoms with Crippen molar-refractivity contribution in [3.8, 4) is 0 Å². The zero-order valence-electron chi connectivity index (χ0n) is 5.63. The maximum Gasteiger partial charge on any atom is 0.0583 e. The van der Waals surface area contributed by atoms with Crippen LogP contribution in [0, 0.1) is 0 Å². The zero-order valence-corrected chi connectivity index (χ0v) is 5.63. The van der Waals surface area contributed by atoms with Crippen molar-refractivity contribution >= 4 is 6.21 Å². The highest BCUT2D eigenvalue weighted by Gasteiger charge is 1.94. The van der Waals surface area contributed by atoms with Gasteiger partial charge in [-0.3, -0.25) is 0 Å². The van der Waals surface area contributed by atoms with Crippen molar-refractivity contribution in [3.05, 3.63) is 0 Å². The van der Waals surface area contributed by atoms with Gasteiger partial charge in [0.15, 0.2) is 0 Å². The smallest absolute Gasteiger partial charge is 0.0583 e. The van der Waals surface area contributed by atoms with Crippen LogP contribution in [0.15, 0.2) is 5.10 Å². The van der Waals surface area contributed by atoms with Gasteiger partial charge in [0.05, 0.1) is 6.04 Å². The van der Waals surface area contributed by atoms with Gasteiger partial charge in [-0.25, -0.2) is 11.0 Å². The maximum atomic E-state index is 5.36. The van der Waals surface area contributed by atoms with Gasteiger partial charge in [-0.05, 0) is 20.8 Å². The lowest BCUT2D eigenvalue weighted by Crippen LogP contribution is -2.32. The topological polar surface area (TPSA) is 41.6 Å². The molecule has 0 aromatic heterocycles. The van der Waals surface area contributed by atoms with Gasteiger partial charge in [-0.1, -0.05) is 0 Å². The Kier molecular flexibility index (Phi) is 3.19. The number of hydrazine groups is 1. The molecule has 3 heteroatoms. The van der Waals surface area contributed by atoms with Gasteiger partial charge >= 0.3 is 0 Å². The summed E-state index contributed by atoms with van der Waals surface area (Å²) in [6.45, 7) is 5.79. The van der Waals surface area contributed by atoms with Crippen molar-refractivity contribution in [2.75, 3.05) is 0 Å². The Morgan fingerprint density at radius 3 is 2.25 bits per heavy atom. The molecule has 0 aliphatic carbocycles. The van der Waals surface area contributed by atoms with Crippen molar-refractivity contribution in [3.63, 3.8) is 0 Å². The van der Waals surface area contributed by atoms with E-state index in [1.165, 1.54) is 5.12 Å². The van der Waals surface area contributed by atoms with Crippen molar-refractivity contribution in [2.45, 2.75) is 26.8 Å². The van der Waals surface area contributed by atoms with Gasteiger partial charge in [0.25, 0.3) is 0 Å². The Labute approximate surface area is 50.1 Å². The minimum Gasteiger partial charge on any atom is -0.231 e. The molecule has 0 radical (unpaired) electrons. The number of rotatable bonds is 2. The molecule has 0 amide bonds. The average molecular weight is 115 g/mol. The molecule has 0 heterocycles. The summed E-state index contributed by atoms with van der Waals surface area (Å²) in [4.78, 5) is 0. The van der Waals surface area contributed by atoms with E-state index in [-0.39, 0.29) is 6.04 Å². The minimum atomic E-state index is 0.284. The molecule has 3 nitrogen and oxygen atoms in total. The summed E-state index contributed by atoms with van der Waals surface area (Å²) in [6.07, 6.45) is 1.67. The molecule has 0 atom stereocenters. The van der Waals surface area contributed by atoms with Crippen LogP contribution in [0.3, 0.4) is 0 Å². The summed E-state index contributed by atoms with van der Waals surface area (Å²) in [7, 11) is 0. The first kappa shape index (κ1) is 7.43. The third kappa shape index (κ3) is 2.58. The Morgan fingerprint density at radius 1 is 1.62 bits per heavy atom. The number of hydrogen-bond donors (Lipinski definition) is 1. The molecule has 48 valence electrons. The van der Waals surface area contributed by atoms with Gasteiger partial charge < -0.3 is 0 Å². The van der Waals surface area contributed by atoms with E-state index in [2.05, 4.69) is 5.10 Å². The van der Waals surface area contributed by atoms with Crippen LogP contribution in [0.25, 0.3) is 0 Å². The van der Waals surface area contributed by atoms with Crippen LogP contribution >= 0.6 is 0 Å². The third-order valence-electron chi connectivity index (χ3n) is 0.778. The van der Waals surface area contributed by atoms with Crippen molar-refractivity contribution in [1.82, 2.24) is 5.12 Å². The number of nitrogens with zero attached hydrogens (tertiary/aromatic N) is 2. The van der Waals surface area contributed by atoms with Gasteiger partial charge in [0, 0.05) is 6.21 Å². The van der Waals surface area contributed by atoms with Crippen LogP contribution in [-0.2, 0) is 0 Å². The second-order valence-corrected chi connectivity index (χ2v) is 1.85. The van der Waals surface area contributed by atoms with E-state index in [0.29, 0.717) is 0 Å². The molecule has 0 spiro atoms. The molecule has 8 heavy (non-hydrogen) atoms. The molecule has 0 unspecified atom stereocenters. The largest absolute Gasteiger partial charge is 0.231 e. The molecule has 0 aliphatic rings. The lowest BCUT2D eigenvalue weighted by molar-refractivity contribution is 0.241. The van der Waals surface area contributed by atoms with E-state index in [1.807, 2.05) is 20.8 Å². The van der Waals surface area contributed by atoms with E-state index in [9.17, 15) is 0 Å². The van der Waals surface area contributed by atoms with E-state index >= 15 is 0 Å². The summed E-state index contributed by atoms with van der Waals surface area (Å²) in [5.74, 6) is 5.36. The average Bonchev–Trinajstić information content (AvgIpc) is 1.67. The number of nitrogens with two attached hydrogens (primary N) is 1. The van der Waals surface area contributed by atoms with E-state index in [1.54, 1.807) is 6.21 Å². The molecule has 0 aromatic rings. The highest BCUT2D eigenvalue weighted by Crippen LogP contribution is 1.87. The van der Waals surface area contributed by atoms with Crippen LogP contribution in [0.1, 0.15) is 20.8 Å². The SMILES string of the molecule is C/C=N\N(N)C(C)C. The third-order valence-corrected chi connectivity index (χ3v) is 0.778. The second-order valence-electron chi connectivity index (χ2n) is 1.85. The lowest BCUT2D eigenvalue weighted by atomic mass is 10.4. The Hall–Kier alpha value is -0.570. The van der Waals surface area contributed by atoms with Gasteiger partial charge in [0.1, 0.15) is 0 Å². The molecule has 2 N–H and O–H groups in total. The van der Waals surface area contributed by atoms with Crippen molar-refractivity contribution in [1.29, 1.82) is 0 Å². The first-order valence-corrected chi connectivity index (χ1v) is 2.71. The molecular weight excluding hydrogens is 102 g/mol. The first-order chi connectivity index (χ1) is 3.68. The molecule has 0 aliphatic heterocycles. The van der Waals surface area contributed by atoms with Crippen LogP contribution in [0.5, 0.6) is 0 Å². The molecule has 0 saturated carbocycles. The fourth-order valence-corrected chi connectivity index (χ4v) is 0.267. The summed E-state index contributed by atoms with van der Waals surface area (Å²) in [5.41, 5.74) is 0. The van der Waals surface area contributed by atoms with Crippen molar-refractivity contribution in [2.24, 2.45) is 10.9 Å². The lowest BCUT2D eigenvalue weighted by Gasteiger charge is -2.15. The fourth-order valence-electron chi connectivity index (χ4n) is 0.267. The quantitative estimate of drug-likeness (QED) is 0.325. The summed E-state index contributed by atoms with van der Waals surface area (Å²) >= 11 is 0. The summed E-state index contributed by atoms with van der Waals surface area (Å²) < 4.78 is 0. The predicted molar refractivity (Wildman–Crippen MR) is 35.3 cm³/mol. The highest BCUT2D eigenvalue weighted by atomic mass is 15.6. The Balaban J connectivity index is 3.47.